The molecule has 26 heavy (non-hydrogen) atoms. The number of rotatable bonds is 6. The summed E-state index contributed by atoms with van der Waals surface area (Å²) in [6.45, 7) is 4.71. The number of amides is 1. The minimum absolute atomic E-state index is 0.0597. The Bertz CT molecular complexity index is 993. The highest BCUT2D eigenvalue weighted by atomic mass is 16.5. The van der Waals surface area contributed by atoms with E-state index in [-0.39, 0.29) is 5.56 Å². The number of anilines is 1. The monoisotopic (exact) mass is 353 g/mol. The molecular weight excluding hydrogens is 334 g/mol. The SMILES string of the molecule is CCOc1ccc(NC(=O)c2cc3ccccc3oc2=O)cc1OCC. The molecule has 134 valence electrons. The van der Waals surface area contributed by atoms with Gasteiger partial charge in [0.05, 0.1) is 13.2 Å². The van der Waals surface area contributed by atoms with E-state index in [1.165, 1.54) is 6.07 Å². The van der Waals surface area contributed by atoms with Gasteiger partial charge in [-0.05, 0) is 38.1 Å². The molecule has 0 saturated carbocycles. The molecule has 0 bridgehead atoms. The van der Waals surface area contributed by atoms with E-state index < -0.39 is 11.5 Å². The molecule has 0 fully saturated rings. The van der Waals surface area contributed by atoms with E-state index >= 15 is 0 Å². The third-order valence-corrected chi connectivity index (χ3v) is 3.69. The first-order valence-corrected chi connectivity index (χ1v) is 8.36. The predicted octanol–water partition coefficient (Wildman–Crippen LogP) is 3.84. The van der Waals surface area contributed by atoms with Gasteiger partial charge in [0.15, 0.2) is 11.5 Å². The summed E-state index contributed by atoms with van der Waals surface area (Å²) in [5.74, 6) is 0.575. The topological polar surface area (TPSA) is 77.8 Å². The Balaban J connectivity index is 1.89. The molecule has 1 amide bonds. The zero-order valence-electron chi connectivity index (χ0n) is 14.6. The van der Waals surface area contributed by atoms with Crippen LogP contribution in [0.1, 0.15) is 24.2 Å². The van der Waals surface area contributed by atoms with Gasteiger partial charge in [-0.3, -0.25) is 4.79 Å². The standard InChI is InChI=1S/C20H19NO5/c1-3-24-17-10-9-14(12-18(17)25-4-2)21-19(22)15-11-13-7-5-6-8-16(13)26-20(15)23/h5-12H,3-4H2,1-2H3,(H,21,22). The molecule has 2 aromatic carbocycles. The van der Waals surface area contributed by atoms with Crippen LogP contribution in [0.4, 0.5) is 5.69 Å². The van der Waals surface area contributed by atoms with Gasteiger partial charge in [-0.1, -0.05) is 18.2 Å². The molecule has 3 rings (SSSR count). The Morgan fingerprint density at radius 2 is 1.73 bits per heavy atom. The van der Waals surface area contributed by atoms with Crippen LogP contribution in [-0.2, 0) is 0 Å². The molecule has 1 N–H and O–H groups in total. The predicted molar refractivity (Wildman–Crippen MR) is 99.2 cm³/mol. The summed E-state index contributed by atoms with van der Waals surface area (Å²) < 4.78 is 16.2. The van der Waals surface area contributed by atoms with Crippen molar-refractivity contribution in [2.24, 2.45) is 0 Å². The first-order valence-electron chi connectivity index (χ1n) is 8.36. The highest BCUT2D eigenvalue weighted by Crippen LogP contribution is 2.30. The molecule has 0 spiro atoms. The van der Waals surface area contributed by atoms with E-state index in [0.29, 0.717) is 41.4 Å². The van der Waals surface area contributed by atoms with E-state index in [2.05, 4.69) is 5.32 Å². The lowest BCUT2D eigenvalue weighted by Gasteiger charge is -2.13. The van der Waals surface area contributed by atoms with Crippen molar-refractivity contribution >= 4 is 22.6 Å². The third kappa shape index (κ3) is 3.69. The maximum Gasteiger partial charge on any atom is 0.349 e. The zero-order chi connectivity index (χ0) is 18.5. The van der Waals surface area contributed by atoms with Crippen LogP contribution in [0.5, 0.6) is 11.5 Å². The van der Waals surface area contributed by atoms with Crippen LogP contribution in [-0.4, -0.2) is 19.1 Å². The van der Waals surface area contributed by atoms with Crippen LogP contribution in [0.25, 0.3) is 11.0 Å². The Morgan fingerprint density at radius 3 is 2.50 bits per heavy atom. The number of nitrogens with one attached hydrogen (secondary N) is 1. The van der Waals surface area contributed by atoms with Gasteiger partial charge in [0, 0.05) is 17.1 Å². The van der Waals surface area contributed by atoms with Gasteiger partial charge >= 0.3 is 5.63 Å². The second-order valence-corrected chi connectivity index (χ2v) is 5.47. The second kappa shape index (κ2) is 7.74. The second-order valence-electron chi connectivity index (χ2n) is 5.47. The Kier molecular flexibility index (Phi) is 5.22. The van der Waals surface area contributed by atoms with E-state index in [9.17, 15) is 9.59 Å². The lowest BCUT2D eigenvalue weighted by Crippen LogP contribution is -2.20. The third-order valence-electron chi connectivity index (χ3n) is 3.69. The van der Waals surface area contributed by atoms with Crippen LogP contribution >= 0.6 is 0 Å². The molecule has 1 aromatic heterocycles. The highest BCUT2D eigenvalue weighted by Gasteiger charge is 2.15. The van der Waals surface area contributed by atoms with Gasteiger partial charge in [-0.15, -0.1) is 0 Å². The van der Waals surface area contributed by atoms with Gasteiger partial charge in [-0.25, -0.2) is 4.79 Å². The summed E-state index contributed by atoms with van der Waals surface area (Å²) in [6, 6.07) is 13.6. The lowest BCUT2D eigenvalue weighted by molar-refractivity contribution is 0.102. The summed E-state index contributed by atoms with van der Waals surface area (Å²) in [6.07, 6.45) is 0. The molecule has 0 unspecified atom stereocenters. The van der Waals surface area contributed by atoms with Crippen molar-refractivity contribution in [3.05, 3.63) is 64.5 Å². The number of fused-ring (bicyclic) bond motifs is 1. The van der Waals surface area contributed by atoms with Gasteiger partial charge in [0.2, 0.25) is 0 Å². The van der Waals surface area contributed by atoms with Gasteiger partial charge in [0.1, 0.15) is 11.1 Å². The van der Waals surface area contributed by atoms with Crippen molar-refractivity contribution in [1.29, 1.82) is 0 Å². The van der Waals surface area contributed by atoms with Crippen molar-refractivity contribution in [1.82, 2.24) is 0 Å². The Hall–Kier alpha value is -3.28. The molecule has 0 aliphatic carbocycles. The number of carbonyl (C=O) groups is 1. The molecular formula is C20H19NO5. The van der Waals surface area contributed by atoms with Gasteiger partial charge in [0.25, 0.3) is 5.91 Å². The summed E-state index contributed by atoms with van der Waals surface area (Å²) in [5, 5.41) is 3.38. The fourth-order valence-corrected chi connectivity index (χ4v) is 2.55. The minimum atomic E-state index is -0.683. The van der Waals surface area contributed by atoms with Crippen LogP contribution in [0, 0.1) is 0 Å². The van der Waals surface area contributed by atoms with E-state index in [1.54, 1.807) is 36.4 Å². The fraction of sp³-hybridized carbons (Fsp3) is 0.200. The van der Waals surface area contributed by atoms with E-state index in [4.69, 9.17) is 13.9 Å². The van der Waals surface area contributed by atoms with Crippen molar-refractivity contribution < 1.29 is 18.7 Å². The van der Waals surface area contributed by atoms with E-state index in [0.717, 1.165) is 0 Å². The molecule has 3 aromatic rings. The summed E-state index contributed by atoms with van der Waals surface area (Å²) in [4.78, 5) is 24.6. The number of hydrogen-bond acceptors (Lipinski definition) is 5. The maximum absolute atomic E-state index is 12.5. The van der Waals surface area contributed by atoms with Crippen LogP contribution in [0.3, 0.4) is 0 Å². The van der Waals surface area contributed by atoms with Gasteiger partial charge < -0.3 is 19.2 Å². The smallest absolute Gasteiger partial charge is 0.349 e. The number of benzene rings is 2. The fourth-order valence-electron chi connectivity index (χ4n) is 2.55. The minimum Gasteiger partial charge on any atom is -0.490 e. The van der Waals surface area contributed by atoms with Crippen molar-refractivity contribution in [2.75, 3.05) is 18.5 Å². The van der Waals surface area contributed by atoms with Crippen molar-refractivity contribution in [2.45, 2.75) is 13.8 Å². The summed E-state index contributed by atoms with van der Waals surface area (Å²) in [5.41, 5.74) is 0.191. The number of hydrogen-bond donors (Lipinski definition) is 1. The number of para-hydroxylation sites is 1. The average molecular weight is 353 g/mol. The zero-order valence-corrected chi connectivity index (χ0v) is 14.6. The Labute approximate surface area is 150 Å². The molecule has 0 aliphatic rings. The van der Waals surface area contributed by atoms with Crippen molar-refractivity contribution in [3.63, 3.8) is 0 Å². The largest absolute Gasteiger partial charge is 0.490 e. The quantitative estimate of drug-likeness (QED) is 0.681. The van der Waals surface area contributed by atoms with Gasteiger partial charge in [-0.2, -0.15) is 0 Å². The molecule has 1 heterocycles. The van der Waals surface area contributed by atoms with Crippen LogP contribution in [0.15, 0.2) is 57.7 Å². The van der Waals surface area contributed by atoms with Crippen LogP contribution in [0.2, 0.25) is 0 Å². The number of ether oxygens (including phenoxy) is 2. The lowest BCUT2D eigenvalue weighted by atomic mass is 10.1. The molecule has 0 aliphatic heterocycles. The first kappa shape index (κ1) is 17.5. The van der Waals surface area contributed by atoms with E-state index in [1.807, 2.05) is 19.9 Å². The molecule has 0 saturated heterocycles. The molecule has 0 atom stereocenters. The Morgan fingerprint density at radius 1 is 1.00 bits per heavy atom. The molecule has 0 radical (unpaired) electrons. The first-order chi connectivity index (χ1) is 12.6. The van der Waals surface area contributed by atoms with Crippen molar-refractivity contribution in [3.8, 4) is 11.5 Å². The summed E-state index contributed by atoms with van der Waals surface area (Å²) >= 11 is 0. The average Bonchev–Trinajstić information content (AvgIpc) is 2.63. The molecule has 6 nitrogen and oxygen atoms in total. The maximum atomic E-state index is 12.5. The molecule has 6 heteroatoms. The van der Waals surface area contributed by atoms with Crippen LogP contribution < -0.4 is 20.4 Å². The highest BCUT2D eigenvalue weighted by molar-refractivity contribution is 6.05. The normalized spacial score (nSPS) is 10.5. The number of carbonyl (C=O) groups excluding carboxylic acids is 1. The summed E-state index contributed by atoms with van der Waals surface area (Å²) in [7, 11) is 0.